The highest BCUT2D eigenvalue weighted by Crippen LogP contribution is 2.32. The zero-order chi connectivity index (χ0) is 14.7. The van der Waals surface area contributed by atoms with Crippen molar-refractivity contribution in [2.24, 2.45) is 5.92 Å². The van der Waals surface area contributed by atoms with Crippen LogP contribution in [0.3, 0.4) is 0 Å². The third-order valence-corrected chi connectivity index (χ3v) is 4.76. The Morgan fingerprint density at radius 2 is 1.95 bits per heavy atom. The van der Waals surface area contributed by atoms with Gasteiger partial charge < -0.3 is 10.6 Å². The van der Waals surface area contributed by atoms with E-state index < -0.39 is 0 Å². The van der Waals surface area contributed by atoms with E-state index in [4.69, 9.17) is 5.73 Å². The summed E-state index contributed by atoms with van der Waals surface area (Å²) in [5.74, 6) is 0.936. The van der Waals surface area contributed by atoms with Crippen molar-refractivity contribution in [3.05, 3.63) is 23.8 Å². The molecule has 0 heterocycles. The minimum atomic E-state index is 0.0347. The second-order valence-corrected chi connectivity index (χ2v) is 6.02. The molecule has 0 radical (unpaired) electrons. The molecule has 0 aromatic heterocycles. The predicted molar refractivity (Wildman–Crippen MR) is 85.3 cm³/mol. The third kappa shape index (κ3) is 3.14. The first-order chi connectivity index (χ1) is 9.52. The van der Waals surface area contributed by atoms with E-state index in [0.29, 0.717) is 17.3 Å². The van der Waals surface area contributed by atoms with Gasteiger partial charge in [-0.05, 0) is 56.7 Å². The number of hydrogen-bond acceptors (Lipinski definition) is 3. The van der Waals surface area contributed by atoms with E-state index in [-0.39, 0.29) is 5.78 Å². The van der Waals surface area contributed by atoms with Gasteiger partial charge in [0.15, 0.2) is 5.78 Å². The Morgan fingerprint density at radius 3 is 2.50 bits per heavy atom. The van der Waals surface area contributed by atoms with Crippen molar-refractivity contribution in [1.82, 2.24) is 0 Å². The number of nitrogen functional groups attached to an aromatic ring is 1. The molecule has 1 aromatic carbocycles. The Hall–Kier alpha value is -1.51. The standard InChI is InChI=1S/C17H26N2O/c1-4-13-5-7-14(8-6-13)19(3)15-9-10-17(18)16(11-15)12(2)20/h9-11,13-14H,4-8,18H2,1-3H3. The maximum atomic E-state index is 11.6. The van der Waals surface area contributed by atoms with Gasteiger partial charge in [-0.2, -0.15) is 0 Å². The number of carbonyl (C=O) groups excluding carboxylic acids is 1. The summed E-state index contributed by atoms with van der Waals surface area (Å²) >= 11 is 0. The van der Waals surface area contributed by atoms with E-state index in [1.165, 1.54) is 32.1 Å². The lowest BCUT2D eigenvalue weighted by atomic mass is 9.84. The van der Waals surface area contributed by atoms with Gasteiger partial charge in [0.1, 0.15) is 0 Å². The van der Waals surface area contributed by atoms with E-state index in [2.05, 4.69) is 18.9 Å². The highest BCUT2D eigenvalue weighted by molar-refractivity contribution is 6.00. The maximum Gasteiger partial charge on any atom is 0.161 e. The van der Waals surface area contributed by atoms with Crippen LogP contribution in [0, 0.1) is 5.92 Å². The zero-order valence-electron chi connectivity index (χ0n) is 12.9. The van der Waals surface area contributed by atoms with E-state index in [9.17, 15) is 4.79 Å². The molecule has 1 saturated carbocycles. The maximum absolute atomic E-state index is 11.6. The molecule has 2 N–H and O–H groups in total. The van der Waals surface area contributed by atoms with Gasteiger partial charge in [-0.25, -0.2) is 0 Å². The van der Waals surface area contributed by atoms with Crippen LogP contribution in [0.2, 0.25) is 0 Å². The van der Waals surface area contributed by atoms with Crippen LogP contribution in [0.25, 0.3) is 0 Å². The second-order valence-electron chi connectivity index (χ2n) is 6.02. The van der Waals surface area contributed by atoms with Crippen molar-refractivity contribution in [3.8, 4) is 0 Å². The molecule has 1 aliphatic carbocycles. The minimum absolute atomic E-state index is 0.0347. The molecule has 3 nitrogen and oxygen atoms in total. The van der Waals surface area contributed by atoms with Crippen molar-refractivity contribution in [2.75, 3.05) is 17.7 Å². The van der Waals surface area contributed by atoms with Crippen LogP contribution < -0.4 is 10.6 Å². The zero-order valence-corrected chi connectivity index (χ0v) is 12.9. The Bertz CT molecular complexity index is 476. The SMILES string of the molecule is CCC1CCC(N(C)c2ccc(N)c(C(C)=O)c2)CC1. The second kappa shape index (κ2) is 6.29. The Labute approximate surface area is 122 Å². The van der Waals surface area contributed by atoms with E-state index in [1.54, 1.807) is 6.92 Å². The predicted octanol–water partition coefficient (Wildman–Crippen LogP) is 3.88. The number of benzene rings is 1. The van der Waals surface area contributed by atoms with Gasteiger partial charge in [-0.15, -0.1) is 0 Å². The van der Waals surface area contributed by atoms with Crippen LogP contribution in [0.15, 0.2) is 18.2 Å². The fourth-order valence-corrected chi connectivity index (χ4v) is 3.22. The van der Waals surface area contributed by atoms with Crippen molar-refractivity contribution >= 4 is 17.2 Å². The van der Waals surface area contributed by atoms with Crippen LogP contribution in [-0.2, 0) is 0 Å². The molecule has 3 heteroatoms. The molecule has 0 aliphatic heterocycles. The van der Waals surface area contributed by atoms with Crippen LogP contribution in [0.4, 0.5) is 11.4 Å². The molecule has 0 saturated heterocycles. The number of hydrogen-bond donors (Lipinski definition) is 1. The molecule has 110 valence electrons. The van der Waals surface area contributed by atoms with Gasteiger partial charge in [0, 0.05) is 30.0 Å². The fourth-order valence-electron chi connectivity index (χ4n) is 3.22. The van der Waals surface area contributed by atoms with Crippen LogP contribution >= 0.6 is 0 Å². The Morgan fingerprint density at radius 1 is 1.30 bits per heavy atom. The number of carbonyl (C=O) groups is 1. The fraction of sp³-hybridized carbons (Fsp3) is 0.588. The Balaban J connectivity index is 2.11. The molecule has 20 heavy (non-hydrogen) atoms. The molecule has 0 bridgehead atoms. The number of nitrogens with zero attached hydrogens (tertiary/aromatic N) is 1. The van der Waals surface area contributed by atoms with E-state index >= 15 is 0 Å². The minimum Gasteiger partial charge on any atom is -0.398 e. The number of ketones is 1. The molecular formula is C17H26N2O. The summed E-state index contributed by atoms with van der Waals surface area (Å²) in [6.07, 6.45) is 6.43. The summed E-state index contributed by atoms with van der Waals surface area (Å²) in [5.41, 5.74) is 8.18. The van der Waals surface area contributed by atoms with E-state index in [1.807, 2.05) is 18.2 Å². The molecule has 0 spiro atoms. The molecule has 0 atom stereocenters. The molecule has 1 aromatic rings. The van der Waals surface area contributed by atoms with Crippen LogP contribution in [0.1, 0.15) is 56.3 Å². The lowest BCUT2D eigenvalue weighted by Crippen LogP contribution is -2.35. The van der Waals surface area contributed by atoms with Crippen LogP contribution in [0.5, 0.6) is 0 Å². The summed E-state index contributed by atoms with van der Waals surface area (Å²) in [7, 11) is 2.13. The summed E-state index contributed by atoms with van der Waals surface area (Å²) in [5, 5.41) is 0. The van der Waals surface area contributed by atoms with Gasteiger partial charge in [-0.3, -0.25) is 4.79 Å². The van der Waals surface area contributed by atoms with Crippen molar-refractivity contribution in [1.29, 1.82) is 0 Å². The lowest BCUT2D eigenvalue weighted by molar-refractivity contribution is 0.101. The molecular weight excluding hydrogens is 248 g/mol. The quantitative estimate of drug-likeness (QED) is 0.669. The van der Waals surface area contributed by atoms with E-state index in [0.717, 1.165) is 11.6 Å². The van der Waals surface area contributed by atoms with Crippen molar-refractivity contribution in [3.63, 3.8) is 0 Å². The first-order valence-electron chi connectivity index (χ1n) is 7.66. The average molecular weight is 274 g/mol. The normalized spacial score (nSPS) is 22.6. The topological polar surface area (TPSA) is 46.3 Å². The molecule has 0 amide bonds. The Kier molecular flexibility index (Phi) is 4.69. The van der Waals surface area contributed by atoms with Crippen molar-refractivity contribution < 1.29 is 4.79 Å². The highest BCUT2D eigenvalue weighted by Gasteiger charge is 2.23. The molecule has 0 unspecified atom stereocenters. The smallest absolute Gasteiger partial charge is 0.161 e. The summed E-state index contributed by atoms with van der Waals surface area (Å²) < 4.78 is 0. The summed E-state index contributed by atoms with van der Waals surface area (Å²) in [6, 6.07) is 6.39. The lowest BCUT2D eigenvalue weighted by Gasteiger charge is -2.36. The largest absolute Gasteiger partial charge is 0.398 e. The van der Waals surface area contributed by atoms with Gasteiger partial charge in [-0.1, -0.05) is 13.3 Å². The summed E-state index contributed by atoms with van der Waals surface area (Å²) in [4.78, 5) is 13.9. The first-order valence-corrected chi connectivity index (χ1v) is 7.66. The number of Topliss-reactive ketones (excluding diaryl/α,β-unsaturated/α-hetero) is 1. The molecule has 1 fully saturated rings. The van der Waals surface area contributed by atoms with Gasteiger partial charge in [0.05, 0.1) is 0 Å². The number of nitrogens with two attached hydrogens (primary N) is 1. The first kappa shape index (κ1) is 14.9. The molecule has 2 rings (SSSR count). The third-order valence-electron chi connectivity index (χ3n) is 4.76. The van der Waals surface area contributed by atoms with Gasteiger partial charge in [0.25, 0.3) is 0 Å². The number of rotatable bonds is 4. The van der Waals surface area contributed by atoms with Crippen LogP contribution in [-0.4, -0.2) is 18.9 Å². The molecule has 1 aliphatic rings. The monoisotopic (exact) mass is 274 g/mol. The number of anilines is 2. The van der Waals surface area contributed by atoms with Gasteiger partial charge in [0.2, 0.25) is 0 Å². The van der Waals surface area contributed by atoms with Crippen molar-refractivity contribution in [2.45, 2.75) is 52.0 Å². The highest BCUT2D eigenvalue weighted by atomic mass is 16.1. The average Bonchev–Trinajstić information content (AvgIpc) is 2.47. The van der Waals surface area contributed by atoms with Gasteiger partial charge >= 0.3 is 0 Å². The summed E-state index contributed by atoms with van der Waals surface area (Å²) in [6.45, 7) is 3.86.